The Kier molecular flexibility index (Phi) is 5.31. The predicted octanol–water partition coefficient (Wildman–Crippen LogP) is -0.649. The molecule has 1 atom stereocenters. The van der Waals surface area contributed by atoms with Crippen molar-refractivity contribution in [2.75, 3.05) is 32.1 Å². The molecule has 0 saturated carbocycles. The predicted molar refractivity (Wildman–Crippen MR) is 68.0 cm³/mol. The first-order chi connectivity index (χ1) is 8.70. The second-order valence-electron chi connectivity index (χ2n) is 5.04. The van der Waals surface area contributed by atoms with Crippen LogP contribution in [0.15, 0.2) is 0 Å². The summed E-state index contributed by atoms with van der Waals surface area (Å²) in [5.41, 5.74) is -0.701. The molecule has 0 aromatic heterocycles. The van der Waals surface area contributed by atoms with Crippen LogP contribution in [0.4, 0.5) is 0 Å². The van der Waals surface area contributed by atoms with Crippen molar-refractivity contribution in [1.82, 2.24) is 4.31 Å². The second kappa shape index (κ2) is 6.17. The lowest BCUT2D eigenvalue weighted by molar-refractivity contribution is -0.140. The molecular formula is C11H21NO6S. The van der Waals surface area contributed by atoms with Crippen LogP contribution in [0.3, 0.4) is 0 Å². The van der Waals surface area contributed by atoms with Gasteiger partial charge < -0.3 is 14.6 Å². The normalized spacial score (nSPS) is 24.1. The molecule has 1 heterocycles. The van der Waals surface area contributed by atoms with Gasteiger partial charge in [-0.15, -0.1) is 0 Å². The molecule has 1 aliphatic heterocycles. The van der Waals surface area contributed by atoms with Crippen molar-refractivity contribution < 1.29 is 27.8 Å². The Morgan fingerprint density at radius 3 is 2.68 bits per heavy atom. The van der Waals surface area contributed by atoms with Crippen molar-refractivity contribution in [3.8, 4) is 0 Å². The van der Waals surface area contributed by atoms with Gasteiger partial charge in [-0.25, -0.2) is 8.42 Å². The van der Waals surface area contributed by atoms with Crippen molar-refractivity contribution in [2.24, 2.45) is 0 Å². The quantitative estimate of drug-likeness (QED) is 0.678. The lowest BCUT2D eigenvalue weighted by atomic mass is 10.1. The number of hydrogen-bond acceptors (Lipinski definition) is 6. The third-order valence-electron chi connectivity index (χ3n) is 2.65. The maximum atomic E-state index is 12.1. The molecular weight excluding hydrogens is 274 g/mol. The largest absolute Gasteiger partial charge is 0.465 e. The third-order valence-corrected chi connectivity index (χ3v) is 4.32. The van der Waals surface area contributed by atoms with E-state index in [1.807, 2.05) is 0 Å². The summed E-state index contributed by atoms with van der Waals surface area (Å²) in [5.74, 6) is -1.46. The van der Waals surface area contributed by atoms with Gasteiger partial charge in [0.25, 0.3) is 0 Å². The number of carbonyl (C=O) groups is 1. The highest BCUT2D eigenvalue weighted by Crippen LogP contribution is 2.23. The molecule has 0 radical (unpaired) electrons. The van der Waals surface area contributed by atoms with Gasteiger partial charge in [0.15, 0.2) is 5.75 Å². The van der Waals surface area contributed by atoms with E-state index >= 15 is 0 Å². The molecule has 1 rings (SSSR count). The Hall–Kier alpha value is -0.700. The van der Waals surface area contributed by atoms with E-state index in [0.717, 1.165) is 0 Å². The van der Waals surface area contributed by atoms with E-state index < -0.39 is 33.5 Å². The molecule has 0 amide bonds. The van der Waals surface area contributed by atoms with E-state index in [-0.39, 0.29) is 26.3 Å². The highest BCUT2D eigenvalue weighted by atomic mass is 32.2. The van der Waals surface area contributed by atoms with Crippen LogP contribution in [-0.2, 0) is 24.3 Å². The van der Waals surface area contributed by atoms with E-state index in [4.69, 9.17) is 9.84 Å². The summed E-state index contributed by atoms with van der Waals surface area (Å²) in [7, 11) is -3.75. The van der Waals surface area contributed by atoms with E-state index in [2.05, 4.69) is 4.74 Å². The van der Waals surface area contributed by atoms with Crippen LogP contribution in [0, 0.1) is 0 Å². The molecule has 0 spiro atoms. The zero-order valence-electron chi connectivity index (χ0n) is 11.5. The van der Waals surface area contributed by atoms with Gasteiger partial charge >= 0.3 is 5.97 Å². The summed E-state index contributed by atoms with van der Waals surface area (Å²) < 4.78 is 35.6. The molecule has 19 heavy (non-hydrogen) atoms. The number of esters is 1. The first-order valence-corrected chi connectivity index (χ1v) is 7.73. The second-order valence-corrected chi connectivity index (χ2v) is 7.00. The van der Waals surface area contributed by atoms with Gasteiger partial charge in [0.05, 0.1) is 24.9 Å². The van der Waals surface area contributed by atoms with E-state index in [9.17, 15) is 13.2 Å². The van der Waals surface area contributed by atoms with Gasteiger partial charge in [-0.1, -0.05) is 0 Å². The molecule has 8 heteroatoms. The van der Waals surface area contributed by atoms with Crippen molar-refractivity contribution >= 4 is 16.0 Å². The van der Waals surface area contributed by atoms with Gasteiger partial charge in [-0.3, -0.25) is 4.79 Å². The number of morpholine rings is 1. The topological polar surface area (TPSA) is 93.1 Å². The molecule has 1 fully saturated rings. The molecule has 0 aromatic rings. The summed E-state index contributed by atoms with van der Waals surface area (Å²) in [6, 6.07) is 0. The van der Waals surface area contributed by atoms with Gasteiger partial charge in [0, 0.05) is 13.1 Å². The first kappa shape index (κ1) is 16.4. The summed E-state index contributed by atoms with van der Waals surface area (Å²) in [6.45, 7) is 5.15. The minimum Gasteiger partial charge on any atom is -0.465 e. The molecule has 0 aliphatic carbocycles. The Morgan fingerprint density at radius 2 is 2.16 bits per heavy atom. The number of sulfonamides is 1. The van der Waals surface area contributed by atoms with Crippen molar-refractivity contribution in [1.29, 1.82) is 0 Å². The molecule has 0 aromatic carbocycles. The van der Waals surface area contributed by atoms with Gasteiger partial charge in [0.2, 0.25) is 10.0 Å². The zero-order valence-corrected chi connectivity index (χ0v) is 12.3. The minimum atomic E-state index is -3.75. The van der Waals surface area contributed by atoms with Gasteiger partial charge in [0.1, 0.15) is 0 Å². The zero-order chi connectivity index (χ0) is 14.7. The summed E-state index contributed by atoms with van der Waals surface area (Å²) in [6.07, 6.45) is -0.583. The number of nitrogens with zero attached hydrogens (tertiary/aromatic N) is 1. The smallest absolute Gasteiger partial charge is 0.322 e. The number of aliphatic hydroxyl groups is 1. The van der Waals surface area contributed by atoms with Crippen LogP contribution >= 0.6 is 0 Å². The lowest BCUT2D eigenvalue weighted by Gasteiger charge is -2.41. The number of carbonyl (C=O) groups excluding carboxylic acids is 1. The Morgan fingerprint density at radius 1 is 1.53 bits per heavy atom. The summed E-state index contributed by atoms with van der Waals surface area (Å²) >= 11 is 0. The van der Waals surface area contributed by atoms with Crippen LogP contribution in [0.5, 0.6) is 0 Å². The lowest BCUT2D eigenvalue weighted by Crippen LogP contribution is -2.56. The number of aliphatic hydroxyl groups excluding tert-OH is 1. The summed E-state index contributed by atoms with van der Waals surface area (Å²) in [5, 5.41) is 9.13. The molecule has 1 aliphatic rings. The molecule has 1 unspecified atom stereocenters. The van der Waals surface area contributed by atoms with Crippen molar-refractivity contribution in [2.45, 2.75) is 32.5 Å². The Bertz CT molecular complexity index is 419. The molecule has 0 bridgehead atoms. The maximum Gasteiger partial charge on any atom is 0.322 e. The fourth-order valence-corrected chi connectivity index (χ4v) is 3.46. The fourth-order valence-electron chi connectivity index (χ4n) is 1.99. The first-order valence-electron chi connectivity index (χ1n) is 6.12. The van der Waals surface area contributed by atoms with Crippen molar-refractivity contribution in [3.05, 3.63) is 0 Å². The van der Waals surface area contributed by atoms with Crippen molar-refractivity contribution in [3.63, 3.8) is 0 Å². The SMILES string of the molecule is CCOC(=O)CS(=O)(=O)N1CC(CO)OC(C)(C)C1. The molecule has 7 nitrogen and oxygen atoms in total. The van der Waals surface area contributed by atoms with Crippen LogP contribution in [-0.4, -0.2) is 67.6 Å². The Balaban J connectivity index is 2.79. The van der Waals surface area contributed by atoms with Crippen LogP contribution in [0.2, 0.25) is 0 Å². The number of ether oxygens (including phenoxy) is 2. The molecule has 112 valence electrons. The Labute approximate surface area is 113 Å². The van der Waals surface area contributed by atoms with Gasteiger partial charge in [-0.05, 0) is 20.8 Å². The highest BCUT2D eigenvalue weighted by Gasteiger charge is 2.39. The standard InChI is InChI=1S/C11H21NO6S/c1-4-17-10(14)7-19(15,16)12-5-9(6-13)18-11(2,3)8-12/h9,13H,4-8H2,1-3H3. The highest BCUT2D eigenvalue weighted by molar-refractivity contribution is 7.89. The third kappa shape index (κ3) is 4.72. The van der Waals surface area contributed by atoms with Gasteiger partial charge in [-0.2, -0.15) is 4.31 Å². The van der Waals surface area contributed by atoms with Crippen LogP contribution in [0.1, 0.15) is 20.8 Å². The van der Waals surface area contributed by atoms with E-state index in [1.54, 1.807) is 20.8 Å². The number of hydrogen-bond donors (Lipinski definition) is 1. The number of rotatable bonds is 5. The van der Waals surface area contributed by atoms with Crippen LogP contribution < -0.4 is 0 Å². The molecule has 1 saturated heterocycles. The monoisotopic (exact) mass is 295 g/mol. The van der Waals surface area contributed by atoms with E-state index in [1.165, 1.54) is 4.31 Å². The van der Waals surface area contributed by atoms with E-state index in [0.29, 0.717) is 0 Å². The minimum absolute atomic E-state index is 0.0433. The molecule has 1 N–H and O–H groups in total. The fraction of sp³-hybridized carbons (Fsp3) is 0.909. The average molecular weight is 295 g/mol. The van der Waals surface area contributed by atoms with Crippen LogP contribution in [0.25, 0.3) is 0 Å². The average Bonchev–Trinajstić information content (AvgIpc) is 2.26. The summed E-state index contributed by atoms with van der Waals surface area (Å²) in [4.78, 5) is 11.3. The maximum absolute atomic E-state index is 12.1.